The largest absolute Gasteiger partial charge is 0.496 e. The molecule has 2 N–H and O–H groups in total. The average Bonchev–Trinajstić information content (AvgIpc) is 1.97. The van der Waals surface area contributed by atoms with Crippen molar-refractivity contribution >= 4 is 50.9 Å². The molecule has 1 aromatic carbocycles. The summed E-state index contributed by atoms with van der Waals surface area (Å²) in [5, 5.41) is 0. The second-order valence-corrected chi connectivity index (χ2v) is 4.33. The summed E-state index contributed by atoms with van der Waals surface area (Å²) >= 11 is 4.41. The molecule has 4 heteroatoms. The lowest BCUT2D eigenvalue weighted by atomic mass is 10.3. The summed E-state index contributed by atoms with van der Waals surface area (Å²) in [6, 6.07) is 3.83. The lowest BCUT2D eigenvalue weighted by molar-refractivity contribution is 0.412. The molecule has 2 nitrogen and oxygen atoms in total. The van der Waals surface area contributed by atoms with Gasteiger partial charge in [0.25, 0.3) is 0 Å². The number of ether oxygens (including phenoxy) is 1. The molecule has 0 spiro atoms. The molecule has 0 aliphatic rings. The second kappa shape index (κ2) is 3.79. The molecule has 60 valence electrons. The second-order valence-electron chi connectivity index (χ2n) is 2.01. The van der Waals surface area contributed by atoms with E-state index >= 15 is 0 Å². The van der Waals surface area contributed by atoms with Crippen molar-refractivity contribution in [2.24, 2.45) is 0 Å². The molecule has 0 unspecified atom stereocenters. The van der Waals surface area contributed by atoms with Crippen LogP contribution in [0.1, 0.15) is 0 Å². The van der Waals surface area contributed by atoms with Crippen molar-refractivity contribution in [3.05, 3.63) is 19.3 Å². The highest BCUT2D eigenvalue weighted by atomic mass is 127. The normalized spacial score (nSPS) is 9.73. The number of halogens is 2. The van der Waals surface area contributed by atoms with Crippen molar-refractivity contribution in [2.45, 2.75) is 0 Å². The molecule has 0 saturated heterocycles. The highest BCUT2D eigenvalue weighted by Crippen LogP contribution is 2.27. The van der Waals surface area contributed by atoms with Crippen LogP contribution in [0, 0.1) is 7.14 Å². The van der Waals surface area contributed by atoms with E-state index in [1.165, 1.54) is 0 Å². The van der Waals surface area contributed by atoms with Crippen molar-refractivity contribution in [1.82, 2.24) is 0 Å². The average molecular weight is 375 g/mol. The van der Waals surface area contributed by atoms with Gasteiger partial charge in [0.2, 0.25) is 0 Å². The fraction of sp³-hybridized carbons (Fsp3) is 0.143. The van der Waals surface area contributed by atoms with E-state index in [0.29, 0.717) is 0 Å². The number of rotatable bonds is 1. The van der Waals surface area contributed by atoms with Crippen molar-refractivity contribution < 1.29 is 4.74 Å². The summed E-state index contributed by atoms with van der Waals surface area (Å²) in [5.41, 5.74) is 6.44. The van der Waals surface area contributed by atoms with Gasteiger partial charge in [-0.1, -0.05) is 0 Å². The van der Waals surface area contributed by atoms with Crippen LogP contribution in [0.25, 0.3) is 0 Å². The standard InChI is InChI=1S/C7H7I2NO/c1-11-7-3-6(10)4(8)2-5(7)9/h2-3H,10H2,1H3. The Bertz CT molecular complexity index is 275. The van der Waals surface area contributed by atoms with Gasteiger partial charge in [-0.25, -0.2) is 0 Å². The number of nitrogens with two attached hydrogens (primary N) is 1. The smallest absolute Gasteiger partial charge is 0.134 e. The summed E-state index contributed by atoms with van der Waals surface area (Å²) in [4.78, 5) is 0. The van der Waals surface area contributed by atoms with Gasteiger partial charge in [0, 0.05) is 15.3 Å². The zero-order chi connectivity index (χ0) is 8.43. The number of methoxy groups -OCH3 is 1. The van der Waals surface area contributed by atoms with Crippen LogP contribution in [0.15, 0.2) is 12.1 Å². The van der Waals surface area contributed by atoms with E-state index in [1.807, 2.05) is 12.1 Å². The van der Waals surface area contributed by atoms with Gasteiger partial charge in [-0.3, -0.25) is 0 Å². The molecule has 0 aromatic heterocycles. The van der Waals surface area contributed by atoms with Crippen LogP contribution in [-0.2, 0) is 0 Å². The molecule has 0 amide bonds. The molecule has 0 aliphatic heterocycles. The van der Waals surface area contributed by atoms with Gasteiger partial charge in [0.05, 0.1) is 10.7 Å². The number of nitrogen functional groups attached to an aromatic ring is 1. The van der Waals surface area contributed by atoms with Gasteiger partial charge in [-0.05, 0) is 51.2 Å². The van der Waals surface area contributed by atoms with E-state index in [4.69, 9.17) is 10.5 Å². The Labute approximate surface area is 92.8 Å². The molecular formula is C7H7I2NO. The molecule has 1 aromatic rings. The first-order chi connectivity index (χ1) is 5.15. The molecule has 0 radical (unpaired) electrons. The van der Waals surface area contributed by atoms with Crippen molar-refractivity contribution in [3.63, 3.8) is 0 Å². The molecule has 0 bridgehead atoms. The van der Waals surface area contributed by atoms with Crippen LogP contribution in [0.5, 0.6) is 5.75 Å². The van der Waals surface area contributed by atoms with Gasteiger partial charge in [-0.15, -0.1) is 0 Å². The zero-order valence-corrected chi connectivity index (χ0v) is 10.2. The number of hydrogen-bond acceptors (Lipinski definition) is 2. The van der Waals surface area contributed by atoms with Crippen LogP contribution in [-0.4, -0.2) is 7.11 Å². The molecule has 11 heavy (non-hydrogen) atoms. The molecule has 0 heterocycles. The zero-order valence-electron chi connectivity index (χ0n) is 5.90. The molecule has 0 saturated carbocycles. The first-order valence-corrected chi connectivity index (χ1v) is 5.09. The molecule has 1 rings (SSSR count). The predicted molar refractivity (Wildman–Crippen MR) is 62.8 cm³/mol. The predicted octanol–water partition coefficient (Wildman–Crippen LogP) is 2.49. The minimum atomic E-state index is 0.767. The van der Waals surface area contributed by atoms with E-state index in [0.717, 1.165) is 18.6 Å². The summed E-state index contributed by atoms with van der Waals surface area (Å²) in [7, 11) is 1.64. The SMILES string of the molecule is COc1cc(N)c(I)cc1I. The highest BCUT2D eigenvalue weighted by molar-refractivity contribution is 14.1. The summed E-state index contributed by atoms with van der Waals surface area (Å²) in [6.45, 7) is 0. The first-order valence-electron chi connectivity index (χ1n) is 2.93. The fourth-order valence-corrected chi connectivity index (χ4v) is 2.45. The van der Waals surface area contributed by atoms with E-state index in [1.54, 1.807) is 7.11 Å². The van der Waals surface area contributed by atoms with Crippen molar-refractivity contribution in [2.75, 3.05) is 12.8 Å². The van der Waals surface area contributed by atoms with Gasteiger partial charge in [0.15, 0.2) is 0 Å². The molecular weight excluding hydrogens is 368 g/mol. The maximum absolute atomic E-state index is 5.67. The minimum Gasteiger partial charge on any atom is -0.496 e. The molecule has 0 atom stereocenters. The maximum atomic E-state index is 5.67. The summed E-state index contributed by atoms with van der Waals surface area (Å²) in [6.07, 6.45) is 0. The topological polar surface area (TPSA) is 35.2 Å². The van der Waals surface area contributed by atoms with E-state index in [9.17, 15) is 0 Å². The molecule has 0 aliphatic carbocycles. The van der Waals surface area contributed by atoms with Crippen LogP contribution >= 0.6 is 45.2 Å². The van der Waals surface area contributed by atoms with Crippen molar-refractivity contribution in [3.8, 4) is 5.75 Å². The summed E-state index contributed by atoms with van der Waals surface area (Å²) in [5.74, 6) is 0.837. The van der Waals surface area contributed by atoms with Crippen molar-refractivity contribution in [1.29, 1.82) is 0 Å². The Morgan fingerprint density at radius 2 is 1.91 bits per heavy atom. The highest BCUT2D eigenvalue weighted by Gasteiger charge is 2.02. The third-order valence-corrected chi connectivity index (χ3v) is 3.05. The minimum absolute atomic E-state index is 0.767. The van der Waals surface area contributed by atoms with E-state index in [-0.39, 0.29) is 0 Å². The van der Waals surface area contributed by atoms with E-state index < -0.39 is 0 Å². The van der Waals surface area contributed by atoms with E-state index in [2.05, 4.69) is 45.2 Å². The van der Waals surface area contributed by atoms with Crippen LogP contribution in [0.4, 0.5) is 5.69 Å². The van der Waals surface area contributed by atoms with Crippen LogP contribution < -0.4 is 10.5 Å². The van der Waals surface area contributed by atoms with Crippen LogP contribution in [0.3, 0.4) is 0 Å². The molecule has 0 fully saturated rings. The fourth-order valence-electron chi connectivity index (χ4n) is 0.701. The monoisotopic (exact) mass is 375 g/mol. The van der Waals surface area contributed by atoms with Crippen LogP contribution in [0.2, 0.25) is 0 Å². The Kier molecular flexibility index (Phi) is 3.23. The van der Waals surface area contributed by atoms with Gasteiger partial charge in [0.1, 0.15) is 5.75 Å². The maximum Gasteiger partial charge on any atom is 0.134 e. The first kappa shape index (κ1) is 9.37. The number of hydrogen-bond donors (Lipinski definition) is 1. The Morgan fingerprint density at radius 3 is 2.45 bits per heavy atom. The summed E-state index contributed by atoms with van der Waals surface area (Å²) < 4.78 is 7.24. The number of anilines is 1. The van der Waals surface area contributed by atoms with Gasteiger partial charge in [-0.2, -0.15) is 0 Å². The van der Waals surface area contributed by atoms with Gasteiger partial charge < -0.3 is 10.5 Å². The Morgan fingerprint density at radius 1 is 1.27 bits per heavy atom. The van der Waals surface area contributed by atoms with Gasteiger partial charge >= 0.3 is 0 Å². The third-order valence-electron chi connectivity index (χ3n) is 1.27. The number of benzene rings is 1. The lowest BCUT2D eigenvalue weighted by Crippen LogP contribution is -1.93. The lowest BCUT2D eigenvalue weighted by Gasteiger charge is -2.05. The third kappa shape index (κ3) is 2.11. The Hall–Kier alpha value is 0.280. The quantitative estimate of drug-likeness (QED) is 0.605. The Balaban J connectivity index is 3.21.